The molecule has 1 aliphatic carbocycles. The van der Waals surface area contributed by atoms with E-state index in [1.807, 2.05) is 0 Å². The highest BCUT2D eigenvalue weighted by molar-refractivity contribution is 9.10. The van der Waals surface area contributed by atoms with Gasteiger partial charge in [0.05, 0.1) is 11.7 Å². The van der Waals surface area contributed by atoms with Crippen LogP contribution >= 0.6 is 15.9 Å². The summed E-state index contributed by atoms with van der Waals surface area (Å²) in [5.74, 6) is 1.01. The number of rotatable bonds is 4. The van der Waals surface area contributed by atoms with Gasteiger partial charge in [0.2, 0.25) is 5.95 Å². The molecule has 0 spiro atoms. The van der Waals surface area contributed by atoms with Gasteiger partial charge >= 0.3 is 0 Å². The lowest BCUT2D eigenvalue weighted by molar-refractivity contribution is 0.629. The van der Waals surface area contributed by atoms with Gasteiger partial charge in [-0.25, -0.2) is 4.98 Å². The monoisotopic (exact) mass is 347 g/mol. The van der Waals surface area contributed by atoms with Gasteiger partial charge in [0, 0.05) is 16.7 Å². The number of nitrogens with one attached hydrogen (secondary N) is 1. The van der Waals surface area contributed by atoms with Crippen LogP contribution in [0.2, 0.25) is 0 Å². The molecular weight excluding hydrogens is 326 g/mol. The number of halogens is 1. The van der Waals surface area contributed by atoms with E-state index in [-0.39, 0.29) is 6.04 Å². The number of hydrogen-bond acceptors (Lipinski definition) is 2. The first kappa shape index (κ1) is 14.6. The number of aryl methyl sites for hydroxylation is 1. The van der Waals surface area contributed by atoms with Crippen molar-refractivity contribution in [1.29, 1.82) is 0 Å². The Morgan fingerprint density at radius 2 is 2.10 bits per heavy atom. The lowest BCUT2D eigenvalue weighted by Crippen LogP contribution is -2.19. The zero-order valence-corrected chi connectivity index (χ0v) is 14.2. The third-order valence-corrected chi connectivity index (χ3v) is 4.78. The second-order valence-electron chi connectivity index (χ2n) is 5.97. The van der Waals surface area contributed by atoms with Crippen molar-refractivity contribution in [3.63, 3.8) is 0 Å². The molecule has 1 aromatic carbocycles. The van der Waals surface area contributed by atoms with Crippen LogP contribution in [0.5, 0.6) is 0 Å². The summed E-state index contributed by atoms with van der Waals surface area (Å²) < 4.78 is 3.38. The Balaban J connectivity index is 1.86. The van der Waals surface area contributed by atoms with Gasteiger partial charge in [-0.2, -0.15) is 0 Å². The van der Waals surface area contributed by atoms with Crippen LogP contribution in [0, 0.1) is 6.92 Å². The molecule has 1 heterocycles. The Morgan fingerprint density at radius 3 is 2.81 bits per heavy atom. The standard InChI is InChI=1S/C17H22BrN3/c1-12-11-21(13(2)14-6-5-7-15(18)10-14)17(19-12)20-16-8-3-4-9-16/h5-7,10-11,13,16H,3-4,8-9H2,1-2H3,(H,19,20). The van der Waals surface area contributed by atoms with E-state index < -0.39 is 0 Å². The summed E-state index contributed by atoms with van der Waals surface area (Å²) in [6.45, 7) is 4.28. The third kappa shape index (κ3) is 3.31. The molecule has 1 aromatic heterocycles. The van der Waals surface area contributed by atoms with Crippen LogP contribution in [-0.4, -0.2) is 15.6 Å². The molecule has 21 heavy (non-hydrogen) atoms. The average Bonchev–Trinajstić information content (AvgIpc) is 3.08. The van der Waals surface area contributed by atoms with E-state index in [4.69, 9.17) is 0 Å². The van der Waals surface area contributed by atoms with E-state index in [2.05, 4.69) is 75.1 Å². The molecule has 0 aliphatic heterocycles. The van der Waals surface area contributed by atoms with Crippen molar-refractivity contribution in [2.45, 2.75) is 51.6 Å². The van der Waals surface area contributed by atoms with E-state index in [0.717, 1.165) is 16.1 Å². The summed E-state index contributed by atoms with van der Waals surface area (Å²) in [5.41, 5.74) is 2.36. The van der Waals surface area contributed by atoms with Crippen LogP contribution in [0.15, 0.2) is 34.9 Å². The summed E-state index contributed by atoms with van der Waals surface area (Å²) in [4.78, 5) is 4.68. The van der Waals surface area contributed by atoms with Crippen LogP contribution in [-0.2, 0) is 0 Å². The van der Waals surface area contributed by atoms with E-state index in [0.29, 0.717) is 6.04 Å². The SMILES string of the molecule is Cc1cn(C(C)c2cccc(Br)c2)c(NC2CCCC2)n1. The van der Waals surface area contributed by atoms with Crippen LogP contribution in [0.4, 0.5) is 5.95 Å². The highest BCUT2D eigenvalue weighted by Crippen LogP contribution is 2.27. The molecule has 0 saturated heterocycles. The fourth-order valence-electron chi connectivity index (χ4n) is 3.10. The lowest BCUT2D eigenvalue weighted by atomic mass is 10.1. The van der Waals surface area contributed by atoms with Crippen molar-refractivity contribution in [1.82, 2.24) is 9.55 Å². The molecule has 112 valence electrons. The summed E-state index contributed by atoms with van der Waals surface area (Å²) in [6.07, 6.45) is 7.33. The van der Waals surface area contributed by atoms with E-state index in [1.54, 1.807) is 0 Å². The molecule has 3 rings (SSSR count). The van der Waals surface area contributed by atoms with E-state index in [9.17, 15) is 0 Å². The summed E-state index contributed by atoms with van der Waals surface area (Å²) in [5, 5.41) is 3.64. The average molecular weight is 348 g/mol. The predicted octanol–water partition coefficient (Wildman–Crippen LogP) is 4.92. The van der Waals surface area contributed by atoms with Gasteiger partial charge in [0.25, 0.3) is 0 Å². The Bertz CT molecular complexity index is 614. The second kappa shape index (κ2) is 6.22. The number of imidazole rings is 1. The van der Waals surface area contributed by atoms with E-state index in [1.165, 1.54) is 31.2 Å². The van der Waals surface area contributed by atoms with Gasteiger partial charge in [0.1, 0.15) is 0 Å². The molecule has 3 nitrogen and oxygen atoms in total. The molecule has 1 N–H and O–H groups in total. The minimum absolute atomic E-state index is 0.271. The zero-order valence-electron chi connectivity index (χ0n) is 12.6. The molecule has 1 aliphatic rings. The smallest absolute Gasteiger partial charge is 0.203 e. The van der Waals surface area contributed by atoms with Gasteiger partial charge in [-0.1, -0.05) is 40.9 Å². The molecule has 1 atom stereocenters. The number of hydrogen-bond donors (Lipinski definition) is 1. The maximum absolute atomic E-state index is 4.68. The van der Waals surface area contributed by atoms with Crippen LogP contribution in [0.25, 0.3) is 0 Å². The molecule has 1 fully saturated rings. The quantitative estimate of drug-likeness (QED) is 0.850. The highest BCUT2D eigenvalue weighted by Gasteiger charge is 2.19. The van der Waals surface area contributed by atoms with Crippen molar-refractivity contribution in [3.8, 4) is 0 Å². The lowest BCUT2D eigenvalue weighted by Gasteiger charge is -2.20. The van der Waals surface area contributed by atoms with Gasteiger partial charge in [0.15, 0.2) is 0 Å². The molecule has 0 amide bonds. The fraction of sp³-hybridized carbons (Fsp3) is 0.471. The molecule has 1 saturated carbocycles. The maximum Gasteiger partial charge on any atom is 0.203 e. The topological polar surface area (TPSA) is 29.9 Å². The minimum atomic E-state index is 0.271. The van der Waals surface area contributed by atoms with Crippen LogP contribution < -0.4 is 5.32 Å². The molecular formula is C17H22BrN3. The molecule has 2 aromatic rings. The Morgan fingerprint density at radius 1 is 1.33 bits per heavy atom. The second-order valence-corrected chi connectivity index (χ2v) is 6.89. The van der Waals surface area contributed by atoms with Gasteiger partial charge in [-0.05, 0) is 44.4 Å². The predicted molar refractivity (Wildman–Crippen MR) is 90.8 cm³/mol. The zero-order chi connectivity index (χ0) is 14.8. The summed E-state index contributed by atoms with van der Waals surface area (Å²) >= 11 is 3.56. The summed E-state index contributed by atoms with van der Waals surface area (Å²) in [7, 11) is 0. The number of anilines is 1. The molecule has 4 heteroatoms. The Hall–Kier alpha value is -1.29. The number of benzene rings is 1. The van der Waals surface area contributed by atoms with Crippen LogP contribution in [0.1, 0.15) is 49.9 Å². The normalized spacial score (nSPS) is 17.1. The van der Waals surface area contributed by atoms with Crippen LogP contribution in [0.3, 0.4) is 0 Å². The third-order valence-electron chi connectivity index (χ3n) is 4.29. The van der Waals surface area contributed by atoms with Gasteiger partial charge in [-0.15, -0.1) is 0 Å². The maximum atomic E-state index is 4.68. The number of aromatic nitrogens is 2. The van der Waals surface area contributed by atoms with Crippen molar-refractivity contribution in [2.75, 3.05) is 5.32 Å². The highest BCUT2D eigenvalue weighted by atomic mass is 79.9. The first-order chi connectivity index (χ1) is 10.1. The molecule has 0 radical (unpaired) electrons. The first-order valence-corrected chi connectivity index (χ1v) is 8.50. The summed E-state index contributed by atoms with van der Waals surface area (Å²) in [6, 6.07) is 9.35. The van der Waals surface area contributed by atoms with Crippen molar-refractivity contribution in [3.05, 3.63) is 46.2 Å². The Labute approximate surface area is 134 Å². The van der Waals surface area contributed by atoms with Gasteiger partial charge < -0.3 is 9.88 Å². The van der Waals surface area contributed by atoms with Gasteiger partial charge in [-0.3, -0.25) is 0 Å². The Kier molecular flexibility index (Phi) is 4.34. The van der Waals surface area contributed by atoms with Crippen molar-refractivity contribution < 1.29 is 0 Å². The molecule has 0 bridgehead atoms. The van der Waals surface area contributed by atoms with E-state index >= 15 is 0 Å². The fourth-order valence-corrected chi connectivity index (χ4v) is 3.51. The first-order valence-electron chi connectivity index (χ1n) is 7.71. The largest absolute Gasteiger partial charge is 0.353 e. The van der Waals surface area contributed by atoms with Crippen molar-refractivity contribution in [2.24, 2.45) is 0 Å². The van der Waals surface area contributed by atoms with Crippen molar-refractivity contribution >= 4 is 21.9 Å². The molecule has 1 unspecified atom stereocenters. The minimum Gasteiger partial charge on any atom is -0.353 e. The number of nitrogens with zero attached hydrogens (tertiary/aromatic N) is 2.